The first-order valence-corrected chi connectivity index (χ1v) is 7.00. The third kappa shape index (κ3) is 4.32. The summed E-state index contributed by atoms with van der Waals surface area (Å²) in [6.45, 7) is 4.18. The fourth-order valence-corrected chi connectivity index (χ4v) is 2.82. The Kier molecular flexibility index (Phi) is 5.60. The van der Waals surface area contributed by atoms with Crippen molar-refractivity contribution in [3.8, 4) is 0 Å². The summed E-state index contributed by atoms with van der Waals surface area (Å²) in [5.74, 6) is 1.44. The minimum atomic E-state index is -0.114. The van der Waals surface area contributed by atoms with Crippen LogP contribution in [0.3, 0.4) is 0 Å². The van der Waals surface area contributed by atoms with Crippen molar-refractivity contribution in [2.75, 3.05) is 5.88 Å². The SMILES string of the molecule is CCC(C)(CCCl)NC(=O)CC1CCCC1. The Balaban J connectivity index is 2.35. The molecule has 1 unspecified atom stereocenters. The number of carbonyl (C=O) groups excluding carboxylic acids is 1. The van der Waals surface area contributed by atoms with Crippen molar-refractivity contribution in [1.29, 1.82) is 0 Å². The molecule has 1 rings (SSSR count). The molecule has 16 heavy (non-hydrogen) atoms. The molecule has 0 aliphatic heterocycles. The van der Waals surface area contributed by atoms with Gasteiger partial charge < -0.3 is 5.32 Å². The lowest BCUT2D eigenvalue weighted by Crippen LogP contribution is -2.46. The molecule has 0 heterocycles. The molecule has 0 bridgehead atoms. The van der Waals surface area contributed by atoms with Gasteiger partial charge in [0.15, 0.2) is 0 Å². The Labute approximate surface area is 104 Å². The van der Waals surface area contributed by atoms with Gasteiger partial charge in [0.25, 0.3) is 0 Å². The van der Waals surface area contributed by atoms with Crippen LogP contribution in [-0.4, -0.2) is 17.3 Å². The molecule has 1 aliphatic carbocycles. The fourth-order valence-electron chi connectivity index (χ4n) is 2.40. The number of rotatable bonds is 6. The van der Waals surface area contributed by atoms with E-state index in [1.54, 1.807) is 0 Å². The zero-order valence-corrected chi connectivity index (χ0v) is 11.3. The average Bonchev–Trinajstić information content (AvgIpc) is 2.70. The first kappa shape index (κ1) is 13.8. The van der Waals surface area contributed by atoms with Crippen LogP contribution in [0.4, 0.5) is 0 Å². The van der Waals surface area contributed by atoms with Gasteiger partial charge in [0.2, 0.25) is 5.91 Å². The van der Waals surface area contributed by atoms with Gasteiger partial charge in [-0.3, -0.25) is 4.79 Å². The van der Waals surface area contributed by atoms with Crippen LogP contribution in [0.15, 0.2) is 0 Å². The number of carbonyl (C=O) groups is 1. The number of hydrogen-bond acceptors (Lipinski definition) is 1. The lowest BCUT2D eigenvalue weighted by atomic mass is 9.94. The quantitative estimate of drug-likeness (QED) is 0.714. The highest BCUT2D eigenvalue weighted by Crippen LogP contribution is 2.27. The molecule has 0 radical (unpaired) electrons. The molecule has 2 nitrogen and oxygen atoms in total. The van der Waals surface area contributed by atoms with E-state index >= 15 is 0 Å². The summed E-state index contributed by atoms with van der Waals surface area (Å²) in [6, 6.07) is 0. The van der Waals surface area contributed by atoms with Gasteiger partial charge >= 0.3 is 0 Å². The van der Waals surface area contributed by atoms with Crippen LogP contribution in [0.5, 0.6) is 0 Å². The molecule has 1 N–H and O–H groups in total. The highest BCUT2D eigenvalue weighted by Gasteiger charge is 2.25. The summed E-state index contributed by atoms with van der Waals surface area (Å²) >= 11 is 5.77. The molecule has 1 fully saturated rings. The molecule has 0 aromatic heterocycles. The zero-order chi connectivity index (χ0) is 12.0. The van der Waals surface area contributed by atoms with Crippen LogP contribution in [-0.2, 0) is 4.79 Å². The molecule has 0 saturated heterocycles. The topological polar surface area (TPSA) is 29.1 Å². The zero-order valence-electron chi connectivity index (χ0n) is 10.5. The predicted octanol–water partition coefficient (Wildman–Crippen LogP) is 3.48. The van der Waals surface area contributed by atoms with Crippen LogP contribution in [0.25, 0.3) is 0 Å². The van der Waals surface area contributed by atoms with Crippen molar-refractivity contribution in [3.63, 3.8) is 0 Å². The van der Waals surface area contributed by atoms with Crippen LogP contribution in [0, 0.1) is 5.92 Å². The molecular weight excluding hydrogens is 222 g/mol. The maximum atomic E-state index is 11.9. The van der Waals surface area contributed by atoms with Gasteiger partial charge in [-0.25, -0.2) is 0 Å². The van der Waals surface area contributed by atoms with E-state index < -0.39 is 0 Å². The summed E-state index contributed by atoms with van der Waals surface area (Å²) in [6.07, 6.45) is 7.54. The number of amides is 1. The highest BCUT2D eigenvalue weighted by atomic mass is 35.5. The van der Waals surface area contributed by atoms with Crippen molar-refractivity contribution >= 4 is 17.5 Å². The predicted molar refractivity (Wildman–Crippen MR) is 68.8 cm³/mol. The molecule has 1 saturated carbocycles. The number of alkyl halides is 1. The van der Waals surface area contributed by atoms with E-state index in [4.69, 9.17) is 11.6 Å². The first-order chi connectivity index (χ1) is 7.59. The van der Waals surface area contributed by atoms with Crippen molar-refractivity contribution in [2.24, 2.45) is 5.92 Å². The summed E-state index contributed by atoms with van der Waals surface area (Å²) in [5, 5.41) is 3.15. The minimum Gasteiger partial charge on any atom is -0.351 e. The van der Waals surface area contributed by atoms with Gasteiger partial charge in [0.1, 0.15) is 0 Å². The number of nitrogens with one attached hydrogen (secondary N) is 1. The second-order valence-corrected chi connectivity index (χ2v) is 5.63. The van der Waals surface area contributed by atoms with Gasteiger partial charge in [0, 0.05) is 17.8 Å². The first-order valence-electron chi connectivity index (χ1n) is 6.46. The molecular formula is C13H24ClNO. The lowest BCUT2D eigenvalue weighted by molar-refractivity contribution is -0.123. The second kappa shape index (κ2) is 6.48. The monoisotopic (exact) mass is 245 g/mol. The Morgan fingerprint density at radius 3 is 2.56 bits per heavy atom. The minimum absolute atomic E-state index is 0.114. The average molecular weight is 246 g/mol. The van der Waals surface area contributed by atoms with Gasteiger partial charge in [0.05, 0.1) is 0 Å². The summed E-state index contributed by atoms with van der Waals surface area (Å²) in [4.78, 5) is 11.9. The van der Waals surface area contributed by atoms with Crippen molar-refractivity contribution < 1.29 is 4.79 Å². The van der Waals surface area contributed by atoms with E-state index in [1.165, 1.54) is 25.7 Å². The standard InChI is InChI=1S/C13H24ClNO/c1-3-13(2,8-9-14)15-12(16)10-11-6-4-5-7-11/h11H,3-10H2,1-2H3,(H,15,16). The van der Waals surface area contributed by atoms with Crippen LogP contribution in [0.1, 0.15) is 58.8 Å². The Bertz CT molecular complexity index is 226. The fraction of sp³-hybridized carbons (Fsp3) is 0.923. The van der Waals surface area contributed by atoms with Crippen LogP contribution in [0.2, 0.25) is 0 Å². The Hall–Kier alpha value is -0.240. The number of halogens is 1. The Morgan fingerprint density at radius 2 is 2.06 bits per heavy atom. The summed E-state index contributed by atoms with van der Waals surface area (Å²) in [5.41, 5.74) is -0.114. The summed E-state index contributed by atoms with van der Waals surface area (Å²) < 4.78 is 0. The van der Waals surface area contributed by atoms with Gasteiger partial charge in [-0.15, -0.1) is 11.6 Å². The smallest absolute Gasteiger partial charge is 0.220 e. The molecule has 94 valence electrons. The van der Waals surface area contributed by atoms with Gasteiger partial charge in [-0.2, -0.15) is 0 Å². The molecule has 1 atom stereocenters. The van der Waals surface area contributed by atoms with Crippen LogP contribution >= 0.6 is 11.6 Å². The summed E-state index contributed by atoms with van der Waals surface area (Å²) in [7, 11) is 0. The second-order valence-electron chi connectivity index (χ2n) is 5.26. The van der Waals surface area contributed by atoms with E-state index in [9.17, 15) is 4.79 Å². The normalized spacial score (nSPS) is 20.7. The van der Waals surface area contributed by atoms with Gasteiger partial charge in [-0.1, -0.05) is 19.8 Å². The lowest BCUT2D eigenvalue weighted by Gasteiger charge is -2.29. The number of hydrogen-bond donors (Lipinski definition) is 1. The van der Waals surface area contributed by atoms with E-state index in [2.05, 4.69) is 19.2 Å². The largest absolute Gasteiger partial charge is 0.351 e. The molecule has 0 aromatic rings. The third-order valence-electron chi connectivity index (χ3n) is 3.82. The van der Waals surface area contributed by atoms with Gasteiger partial charge in [-0.05, 0) is 38.5 Å². The maximum absolute atomic E-state index is 11.9. The van der Waals surface area contributed by atoms with Crippen molar-refractivity contribution in [3.05, 3.63) is 0 Å². The maximum Gasteiger partial charge on any atom is 0.220 e. The molecule has 1 aliphatic rings. The highest BCUT2D eigenvalue weighted by molar-refractivity contribution is 6.17. The van der Waals surface area contributed by atoms with E-state index in [-0.39, 0.29) is 11.4 Å². The van der Waals surface area contributed by atoms with E-state index in [1.807, 2.05) is 0 Å². The molecule has 0 spiro atoms. The van der Waals surface area contributed by atoms with E-state index in [0.717, 1.165) is 12.8 Å². The van der Waals surface area contributed by atoms with Crippen molar-refractivity contribution in [1.82, 2.24) is 5.32 Å². The molecule has 1 amide bonds. The van der Waals surface area contributed by atoms with Crippen LogP contribution < -0.4 is 5.32 Å². The van der Waals surface area contributed by atoms with E-state index in [0.29, 0.717) is 18.2 Å². The molecule has 3 heteroatoms. The Morgan fingerprint density at radius 1 is 1.44 bits per heavy atom. The third-order valence-corrected chi connectivity index (χ3v) is 4.01. The molecule has 0 aromatic carbocycles. The van der Waals surface area contributed by atoms with Crippen molar-refractivity contribution in [2.45, 2.75) is 64.3 Å².